The molecule has 0 aliphatic carbocycles. The Labute approximate surface area is 170 Å². The number of halogens is 4. The molecule has 0 aliphatic heterocycles. The number of hydrogen-bond acceptors (Lipinski definition) is 4. The second-order valence-corrected chi connectivity index (χ2v) is 7.17. The Bertz CT molecular complexity index is 831. The maximum absolute atomic E-state index is 12.9. The number of thioether (sulfide) groups is 1. The highest BCUT2D eigenvalue weighted by molar-refractivity contribution is 8.00. The van der Waals surface area contributed by atoms with E-state index in [0.29, 0.717) is 29.4 Å². The largest absolute Gasteiger partial charge is 0.493 e. The molecule has 1 amide bonds. The Morgan fingerprint density at radius 3 is 2.46 bits per heavy atom. The summed E-state index contributed by atoms with van der Waals surface area (Å²) in [7, 11) is 3.09. The van der Waals surface area contributed by atoms with Gasteiger partial charge in [0.05, 0.1) is 30.6 Å². The number of benzene rings is 2. The van der Waals surface area contributed by atoms with E-state index in [1.54, 1.807) is 20.3 Å². The average Bonchev–Trinajstić information content (AvgIpc) is 2.66. The van der Waals surface area contributed by atoms with Crippen LogP contribution in [0.2, 0.25) is 5.02 Å². The molecule has 2 aromatic carbocycles. The van der Waals surface area contributed by atoms with Crippen LogP contribution in [0, 0.1) is 0 Å². The van der Waals surface area contributed by atoms with Crippen molar-refractivity contribution in [2.24, 2.45) is 0 Å². The van der Waals surface area contributed by atoms with Crippen molar-refractivity contribution in [3.8, 4) is 11.5 Å². The van der Waals surface area contributed by atoms with Crippen LogP contribution in [-0.2, 0) is 17.4 Å². The molecule has 0 spiro atoms. The van der Waals surface area contributed by atoms with E-state index in [9.17, 15) is 18.0 Å². The zero-order chi connectivity index (χ0) is 20.7. The smallest absolute Gasteiger partial charge is 0.417 e. The average molecular weight is 434 g/mol. The number of ether oxygens (including phenoxy) is 2. The van der Waals surface area contributed by atoms with E-state index < -0.39 is 11.7 Å². The highest BCUT2D eigenvalue weighted by atomic mass is 35.5. The molecule has 0 bridgehead atoms. The third-order valence-corrected chi connectivity index (χ3v) is 5.12. The summed E-state index contributed by atoms with van der Waals surface area (Å²) in [6, 6.07) is 9.07. The molecule has 0 aromatic heterocycles. The second kappa shape index (κ2) is 9.93. The van der Waals surface area contributed by atoms with Crippen LogP contribution < -0.4 is 14.8 Å². The molecule has 0 saturated carbocycles. The maximum Gasteiger partial charge on any atom is 0.417 e. The molecular weight excluding hydrogens is 415 g/mol. The molecule has 0 saturated heterocycles. The summed E-state index contributed by atoms with van der Waals surface area (Å²) in [6.07, 6.45) is -3.95. The predicted molar refractivity (Wildman–Crippen MR) is 103 cm³/mol. The molecule has 0 fully saturated rings. The van der Waals surface area contributed by atoms with Crippen molar-refractivity contribution in [3.63, 3.8) is 0 Å². The molecule has 152 valence electrons. The number of hydrogen-bond donors (Lipinski definition) is 1. The summed E-state index contributed by atoms with van der Waals surface area (Å²) >= 11 is 6.60. The van der Waals surface area contributed by atoms with Gasteiger partial charge < -0.3 is 14.8 Å². The third-order valence-electron chi connectivity index (χ3n) is 3.80. The summed E-state index contributed by atoms with van der Waals surface area (Å²) in [4.78, 5) is 12.3. The fraction of sp³-hybridized carbons (Fsp3) is 0.316. The third kappa shape index (κ3) is 6.24. The van der Waals surface area contributed by atoms with Crippen LogP contribution in [0.25, 0.3) is 0 Å². The Kier molecular flexibility index (Phi) is 7.88. The quantitative estimate of drug-likeness (QED) is 0.606. The summed E-state index contributed by atoms with van der Waals surface area (Å²) < 4.78 is 49.0. The van der Waals surface area contributed by atoms with E-state index in [0.717, 1.165) is 23.4 Å². The first-order chi connectivity index (χ1) is 13.2. The van der Waals surface area contributed by atoms with E-state index in [1.807, 2.05) is 12.1 Å². The fourth-order valence-corrected chi connectivity index (χ4v) is 3.38. The standard InChI is InChI=1S/C19H19ClF3NO3S/c1-26-16-6-3-12(9-17(16)27-2)7-8-24-18(25)11-28-13-4-5-15(20)14(10-13)19(21,22)23/h3-6,9-10H,7-8,11H2,1-2H3,(H,24,25). The van der Waals surface area contributed by atoms with Gasteiger partial charge in [0.15, 0.2) is 11.5 Å². The number of rotatable bonds is 8. The molecule has 0 heterocycles. The van der Waals surface area contributed by atoms with Gasteiger partial charge in [0.2, 0.25) is 5.91 Å². The number of carbonyl (C=O) groups is 1. The molecule has 0 atom stereocenters. The minimum Gasteiger partial charge on any atom is -0.493 e. The van der Waals surface area contributed by atoms with Crippen molar-refractivity contribution in [1.29, 1.82) is 0 Å². The summed E-state index contributed by atoms with van der Waals surface area (Å²) in [5.74, 6) is 0.956. The SMILES string of the molecule is COc1ccc(CCNC(=O)CSc2ccc(Cl)c(C(F)(F)F)c2)cc1OC. The van der Waals surface area contributed by atoms with Gasteiger partial charge in [-0.2, -0.15) is 13.2 Å². The van der Waals surface area contributed by atoms with Gasteiger partial charge in [0.1, 0.15) is 0 Å². The van der Waals surface area contributed by atoms with Gasteiger partial charge in [-0.1, -0.05) is 17.7 Å². The second-order valence-electron chi connectivity index (χ2n) is 5.72. The normalized spacial score (nSPS) is 11.2. The van der Waals surface area contributed by atoms with Crippen LogP contribution in [0.3, 0.4) is 0 Å². The molecule has 28 heavy (non-hydrogen) atoms. The molecule has 2 aromatic rings. The molecule has 2 rings (SSSR count). The Morgan fingerprint density at radius 1 is 1.11 bits per heavy atom. The molecule has 0 unspecified atom stereocenters. The zero-order valence-corrected chi connectivity index (χ0v) is 16.8. The number of alkyl halides is 3. The van der Waals surface area contributed by atoms with Crippen LogP contribution >= 0.6 is 23.4 Å². The first-order valence-electron chi connectivity index (χ1n) is 8.21. The fourth-order valence-electron chi connectivity index (χ4n) is 2.39. The summed E-state index contributed by atoms with van der Waals surface area (Å²) in [5.41, 5.74) is 0.0474. The van der Waals surface area contributed by atoms with Gasteiger partial charge in [-0.25, -0.2) is 0 Å². The highest BCUT2D eigenvalue weighted by Gasteiger charge is 2.33. The minimum atomic E-state index is -4.53. The lowest BCUT2D eigenvalue weighted by Gasteiger charge is -2.11. The van der Waals surface area contributed by atoms with Gasteiger partial charge in [0.25, 0.3) is 0 Å². The number of carbonyl (C=O) groups excluding carboxylic acids is 1. The van der Waals surface area contributed by atoms with Crippen molar-refractivity contribution in [1.82, 2.24) is 5.32 Å². The molecule has 0 aliphatic rings. The van der Waals surface area contributed by atoms with Crippen LogP contribution in [0.15, 0.2) is 41.3 Å². The molecule has 1 N–H and O–H groups in total. The monoisotopic (exact) mass is 433 g/mol. The van der Waals surface area contributed by atoms with Crippen molar-refractivity contribution in [3.05, 3.63) is 52.5 Å². The number of amides is 1. The van der Waals surface area contributed by atoms with Crippen LogP contribution in [-0.4, -0.2) is 32.4 Å². The van der Waals surface area contributed by atoms with Crippen molar-refractivity contribution < 1.29 is 27.4 Å². The lowest BCUT2D eigenvalue weighted by atomic mass is 10.1. The Hall–Kier alpha value is -2.06. The van der Waals surface area contributed by atoms with Gasteiger partial charge >= 0.3 is 6.18 Å². The number of nitrogens with one attached hydrogen (secondary N) is 1. The topological polar surface area (TPSA) is 47.6 Å². The van der Waals surface area contributed by atoms with Crippen molar-refractivity contribution >= 4 is 29.3 Å². The summed E-state index contributed by atoms with van der Waals surface area (Å²) in [6.45, 7) is 0.392. The van der Waals surface area contributed by atoms with E-state index in [1.165, 1.54) is 12.1 Å². The number of methoxy groups -OCH3 is 2. The van der Waals surface area contributed by atoms with Crippen LogP contribution in [0.4, 0.5) is 13.2 Å². The van der Waals surface area contributed by atoms with Gasteiger partial charge in [-0.15, -0.1) is 11.8 Å². The van der Waals surface area contributed by atoms with E-state index in [4.69, 9.17) is 21.1 Å². The lowest BCUT2D eigenvalue weighted by molar-refractivity contribution is -0.137. The molecule has 4 nitrogen and oxygen atoms in total. The van der Waals surface area contributed by atoms with E-state index in [-0.39, 0.29) is 16.7 Å². The maximum atomic E-state index is 12.9. The van der Waals surface area contributed by atoms with Gasteiger partial charge in [-0.05, 0) is 42.3 Å². The Balaban J connectivity index is 1.84. The van der Waals surface area contributed by atoms with E-state index in [2.05, 4.69) is 5.32 Å². The van der Waals surface area contributed by atoms with Gasteiger partial charge in [-0.3, -0.25) is 4.79 Å². The van der Waals surface area contributed by atoms with Crippen molar-refractivity contribution in [2.75, 3.05) is 26.5 Å². The molecule has 0 radical (unpaired) electrons. The zero-order valence-electron chi connectivity index (χ0n) is 15.2. The first-order valence-corrected chi connectivity index (χ1v) is 9.58. The van der Waals surface area contributed by atoms with Gasteiger partial charge in [0, 0.05) is 11.4 Å². The van der Waals surface area contributed by atoms with E-state index >= 15 is 0 Å². The highest BCUT2D eigenvalue weighted by Crippen LogP contribution is 2.37. The van der Waals surface area contributed by atoms with Crippen molar-refractivity contribution in [2.45, 2.75) is 17.5 Å². The summed E-state index contributed by atoms with van der Waals surface area (Å²) in [5, 5.41) is 2.38. The minimum absolute atomic E-state index is 0.00482. The van der Waals surface area contributed by atoms with Crippen LogP contribution in [0.5, 0.6) is 11.5 Å². The lowest BCUT2D eigenvalue weighted by Crippen LogP contribution is -2.27. The van der Waals surface area contributed by atoms with Crippen LogP contribution in [0.1, 0.15) is 11.1 Å². The predicted octanol–water partition coefficient (Wildman–Crippen LogP) is 4.83. The molecule has 9 heteroatoms. The first kappa shape index (κ1) is 22.2. The molecular formula is C19H19ClF3NO3S. The Morgan fingerprint density at radius 2 is 1.82 bits per heavy atom.